The Morgan fingerprint density at radius 3 is 2.60 bits per heavy atom. The zero-order valence-corrected chi connectivity index (χ0v) is 11.2. The molecule has 0 spiro atoms. The summed E-state index contributed by atoms with van der Waals surface area (Å²) in [6, 6.07) is 8.45. The normalized spacial score (nSPS) is 10.9. The van der Waals surface area contributed by atoms with E-state index in [1.165, 1.54) is 10.6 Å². The number of fused-ring (bicyclic) bond motifs is 1. The van der Waals surface area contributed by atoms with Crippen LogP contribution in [-0.2, 0) is 0 Å². The van der Waals surface area contributed by atoms with Gasteiger partial charge in [-0.15, -0.1) is 5.10 Å². The molecule has 1 aromatic carbocycles. The fraction of sp³-hybridized carbons (Fsp3) is 0.0769. The summed E-state index contributed by atoms with van der Waals surface area (Å²) in [4.78, 5) is 19.8. The SMILES string of the molecule is Cc1nc2nc(-c3ccc(Cl)cc3)cc(C(=O)O)n2n1. The van der Waals surface area contributed by atoms with Gasteiger partial charge in [-0.1, -0.05) is 23.7 Å². The maximum Gasteiger partial charge on any atom is 0.354 e. The predicted molar refractivity (Wildman–Crippen MR) is 72.9 cm³/mol. The molecule has 20 heavy (non-hydrogen) atoms. The molecule has 0 aliphatic rings. The van der Waals surface area contributed by atoms with Crippen LogP contribution >= 0.6 is 11.6 Å². The summed E-state index contributed by atoms with van der Waals surface area (Å²) >= 11 is 5.84. The third kappa shape index (κ3) is 2.10. The summed E-state index contributed by atoms with van der Waals surface area (Å²) < 4.78 is 1.22. The molecule has 0 aliphatic carbocycles. The van der Waals surface area contributed by atoms with Crippen molar-refractivity contribution in [2.24, 2.45) is 0 Å². The molecule has 0 amide bonds. The lowest BCUT2D eigenvalue weighted by atomic mass is 10.1. The Hall–Kier alpha value is -2.47. The van der Waals surface area contributed by atoms with Crippen LogP contribution in [0.1, 0.15) is 16.3 Å². The van der Waals surface area contributed by atoms with Gasteiger partial charge in [0.2, 0.25) is 0 Å². The molecule has 100 valence electrons. The highest BCUT2D eigenvalue weighted by Gasteiger charge is 2.15. The van der Waals surface area contributed by atoms with Crippen molar-refractivity contribution < 1.29 is 9.90 Å². The van der Waals surface area contributed by atoms with Crippen molar-refractivity contribution in [3.63, 3.8) is 0 Å². The van der Waals surface area contributed by atoms with Crippen molar-refractivity contribution in [3.8, 4) is 11.3 Å². The van der Waals surface area contributed by atoms with E-state index in [1.54, 1.807) is 31.2 Å². The molecular weight excluding hydrogens is 280 g/mol. The molecule has 6 nitrogen and oxygen atoms in total. The summed E-state index contributed by atoms with van der Waals surface area (Å²) in [6.07, 6.45) is 0. The van der Waals surface area contributed by atoms with Gasteiger partial charge in [0.05, 0.1) is 5.69 Å². The number of aromatic nitrogens is 4. The van der Waals surface area contributed by atoms with Crippen LogP contribution in [0.4, 0.5) is 0 Å². The van der Waals surface area contributed by atoms with E-state index >= 15 is 0 Å². The average Bonchev–Trinajstić information content (AvgIpc) is 2.78. The lowest BCUT2D eigenvalue weighted by Crippen LogP contribution is -2.08. The van der Waals surface area contributed by atoms with Crippen LogP contribution in [0.3, 0.4) is 0 Å². The van der Waals surface area contributed by atoms with Crippen LogP contribution in [0.2, 0.25) is 5.02 Å². The van der Waals surface area contributed by atoms with Crippen molar-refractivity contribution in [2.45, 2.75) is 6.92 Å². The minimum absolute atomic E-state index is 0.0144. The number of carbonyl (C=O) groups is 1. The van der Waals surface area contributed by atoms with E-state index < -0.39 is 5.97 Å². The van der Waals surface area contributed by atoms with Gasteiger partial charge < -0.3 is 5.11 Å². The number of hydrogen-bond donors (Lipinski definition) is 1. The van der Waals surface area contributed by atoms with Crippen molar-refractivity contribution in [1.29, 1.82) is 0 Å². The van der Waals surface area contributed by atoms with E-state index in [1.807, 2.05) is 0 Å². The molecule has 3 rings (SSSR count). The maximum absolute atomic E-state index is 11.3. The number of carboxylic acids is 1. The Labute approximate surface area is 118 Å². The van der Waals surface area contributed by atoms with Gasteiger partial charge in [-0.05, 0) is 25.1 Å². The molecule has 1 N–H and O–H groups in total. The largest absolute Gasteiger partial charge is 0.477 e. The maximum atomic E-state index is 11.3. The van der Waals surface area contributed by atoms with Gasteiger partial charge in [-0.2, -0.15) is 9.50 Å². The first-order chi connectivity index (χ1) is 9.54. The van der Waals surface area contributed by atoms with E-state index in [9.17, 15) is 9.90 Å². The topological polar surface area (TPSA) is 80.4 Å². The summed E-state index contributed by atoms with van der Waals surface area (Å²) in [6.45, 7) is 1.68. The van der Waals surface area contributed by atoms with E-state index in [4.69, 9.17) is 11.6 Å². The number of benzene rings is 1. The fourth-order valence-electron chi connectivity index (χ4n) is 1.89. The molecule has 0 radical (unpaired) electrons. The highest BCUT2D eigenvalue weighted by molar-refractivity contribution is 6.30. The van der Waals surface area contributed by atoms with Gasteiger partial charge in [-0.25, -0.2) is 9.78 Å². The van der Waals surface area contributed by atoms with Crippen molar-refractivity contribution in [1.82, 2.24) is 19.6 Å². The summed E-state index contributed by atoms with van der Waals surface area (Å²) in [5, 5.41) is 13.9. The van der Waals surface area contributed by atoms with Gasteiger partial charge in [0.25, 0.3) is 5.78 Å². The minimum atomic E-state index is -1.09. The molecule has 0 aliphatic heterocycles. The fourth-order valence-corrected chi connectivity index (χ4v) is 2.02. The van der Waals surface area contributed by atoms with Crippen LogP contribution < -0.4 is 0 Å². The number of hydrogen-bond acceptors (Lipinski definition) is 4. The van der Waals surface area contributed by atoms with Crippen LogP contribution in [0.25, 0.3) is 17.0 Å². The molecule has 0 saturated heterocycles. The van der Waals surface area contributed by atoms with Crippen LogP contribution in [-0.4, -0.2) is 30.7 Å². The van der Waals surface area contributed by atoms with E-state index in [0.29, 0.717) is 16.5 Å². The Bertz CT molecular complexity index is 811. The Morgan fingerprint density at radius 2 is 1.95 bits per heavy atom. The molecule has 2 heterocycles. The van der Waals surface area contributed by atoms with Gasteiger partial charge in [0, 0.05) is 10.6 Å². The molecule has 0 atom stereocenters. The second-order valence-corrected chi connectivity index (χ2v) is 4.65. The standard InChI is InChI=1S/C13H9ClN4O2/c1-7-15-13-16-10(8-2-4-9(14)5-3-8)6-11(12(19)20)18(13)17-7/h2-6H,1H3,(H,19,20). The van der Waals surface area contributed by atoms with Crippen LogP contribution in [0, 0.1) is 6.92 Å². The third-order valence-corrected chi connectivity index (χ3v) is 3.03. The van der Waals surface area contributed by atoms with Crippen LogP contribution in [0.5, 0.6) is 0 Å². The number of nitrogens with zero attached hydrogens (tertiary/aromatic N) is 4. The van der Waals surface area contributed by atoms with E-state index in [0.717, 1.165) is 5.56 Å². The lowest BCUT2D eigenvalue weighted by Gasteiger charge is -2.04. The quantitative estimate of drug-likeness (QED) is 0.783. The molecule has 0 bridgehead atoms. The monoisotopic (exact) mass is 288 g/mol. The van der Waals surface area contributed by atoms with Gasteiger partial charge in [0.15, 0.2) is 5.69 Å². The smallest absolute Gasteiger partial charge is 0.354 e. The zero-order valence-electron chi connectivity index (χ0n) is 10.4. The molecule has 0 saturated carbocycles. The van der Waals surface area contributed by atoms with E-state index in [2.05, 4.69) is 15.1 Å². The summed E-state index contributed by atoms with van der Waals surface area (Å²) in [5.41, 5.74) is 1.29. The predicted octanol–water partition coefficient (Wildman–Crippen LogP) is 2.45. The Morgan fingerprint density at radius 1 is 1.25 bits per heavy atom. The van der Waals surface area contributed by atoms with Crippen molar-refractivity contribution in [2.75, 3.05) is 0 Å². The van der Waals surface area contributed by atoms with Crippen LogP contribution in [0.15, 0.2) is 30.3 Å². The van der Waals surface area contributed by atoms with Gasteiger partial charge in [0.1, 0.15) is 5.82 Å². The highest BCUT2D eigenvalue weighted by Crippen LogP contribution is 2.21. The number of aromatic carboxylic acids is 1. The molecule has 3 aromatic rings. The van der Waals surface area contributed by atoms with Crippen molar-refractivity contribution >= 4 is 23.3 Å². The first-order valence-electron chi connectivity index (χ1n) is 5.78. The van der Waals surface area contributed by atoms with E-state index in [-0.39, 0.29) is 11.5 Å². The number of carboxylic acid groups (broad SMARTS) is 1. The summed E-state index contributed by atoms with van der Waals surface area (Å²) in [5.74, 6) is -0.363. The Balaban J connectivity index is 2.26. The minimum Gasteiger partial charge on any atom is -0.477 e. The molecule has 2 aromatic heterocycles. The molecule has 0 fully saturated rings. The first kappa shape index (κ1) is 12.6. The number of aryl methyl sites for hydroxylation is 1. The zero-order chi connectivity index (χ0) is 14.3. The van der Waals surface area contributed by atoms with Gasteiger partial charge in [-0.3, -0.25) is 0 Å². The molecule has 7 heteroatoms. The Kier molecular flexibility index (Phi) is 2.87. The lowest BCUT2D eigenvalue weighted by molar-refractivity contribution is 0.0687. The number of rotatable bonds is 2. The van der Waals surface area contributed by atoms with Crippen molar-refractivity contribution in [3.05, 3.63) is 46.9 Å². The second-order valence-electron chi connectivity index (χ2n) is 4.21. The first-order valence-corrected chi connectivity index (χ1v) is 6.16. The average molecular weight is 289 g/mol. The third-order valence-electron chi connectivity index (χ3n) is 2.78. The second kappa shape index (κ2) is 4.57. The van der Waals surface area contributed by atoms with Gasteiger partial charge >= 0.3 is 5.97 Å². The summed E-state index contributed by atoms with van der Waals surface area (Å²) in [7, 11) is 0. The number of halogens is 1. The molecular formula is C13H9ClN4O2. The molecule has 0 unspecified atom stereocenters. The highest BCUT2D eigenvalue weighted by atomic mass is 35.5.